The van der Waals surface area contributed by atoms with Gasteiger partial charge in [-0.1, -0.05) is 37.1 Å². The number of carbonyl (C=O) groups excluding carboxylic acids is 1. The van der Waals surface area contributed by atoms with E-state index in [9.17, 15) is 14.0 Å². The number of fused-ring (bicyclic) bond motifs is 1. The second-order valence-electron chi connectivity index (χ2n) is 7.11. The van der Waals surface area contributed by atoms with Crippen molar-refractivity contribution in [2.75, 3.05) is 10.6 Å². The van der Waals surface area contributed by atoms with Gasteiger partial charge in [-0.2, -0.15) is 0 Å². The van der Waals surface area contributed by atoms with Crippen LogP contribution in [-0.2, 0) is 11.2 Å². The van der Waals surface area contributed by atoms with Crippen molar-refractivity contribution in [3.05, 3.63) is 70.3 Å². The van der Waals surface area contributed by atoms with E-state index >= 15 is 0 Å². The van der Waals surface area contributed by atoms with E-state index < -0.39 is 5.63 Å². The van der Waals surface area contributed by atoms with Gasteiger partial charge in [0.25, 0.3) is 0 Å². The quantitative estimate of drug-likeness (QED) is 0.641. The number of benzene rings is 2. The molecular formula is C22H21FN2O3. The molecule has 0 unspecified atom stereocenters. The summed E-state index contributed by atoms with van der Waals surface area (Å²) < 4.78 is 18.5. The lowest BCUT2D eigenvalue weighted by Crippen LogP contribution is -2.24. The van der Waals surface area contributed by atoms with Gasteiger partial charge in [0.15, 0.2) is 5.69 Å². The minimum absolute atomic E-state index is 0.0371. The maximum Gasteiger partial charge on any atom is 0.362 e. The maximum absolute atomic E-state index is 13.1. The lowest BCUT2D eigenvalue weighted by Gasteiger charge is -2.18. The Kier molecular flexibility index (Phi) is 5.10. The number of hydrogen-bond donors (Lipinski definition) is 2. The van der Waals surface area contributed by atoms with Crippen LogP contribution < -0.4 is 16.3 Å². The van der Waals surface area contributed by atoms with E-state index in [0.717, 1.165) is 31.1 Å². The molecule has 0 spiro atoms. The average Bonchev–Trinajstić information content (AvgIpc) is 3.19. The number of hydrogen-bond acceptors (Lipinski definition) is 4. The zero-order valence-electron chi connectivity index (χ0n) is 15.3. The highest BCUT2D eigenvalue weighted by Crippen LogP contribution is 2.32. The van der Waals surface area contributed by atoms with Crippen molar-refractivity contribution in [1.82, 2.24) is 0 Å². The molecule has 2 N–H and O–H groups in total. The summed E-state index contributed by atoms with van der Waals surface area (Å²) >= 11 is 0. The van der Waals surface area contributed by atoms with Gasteiger partial charge in [-0.05, 0) is 42.7 Å². The topological polar surface area (TPSA) is 71.3 Å². The fraction of sp³-hybridized carbons (Fsp3) is 0.273. The summed E-state index contributed by atoms with van der Waals surface area (Å²) in [4.78, 5) is 25.1. The third-order valence-electron chi connectivity index (χ3n) is 5.06. The SMILES string of the molecule is O=C(Cc1ccc(F)cc1)Nc1c(NC2CCCC2)c2ccccc2oc1=O. The summed E-state index contributed by atoms with van der Waals surface area (Å²) in [6, 6.07) is 13.2. The van der Waals surface area contributed by atoms with Crippen LogP contribution in [0.5, 0.6) is 0 Å². The number of anilines is 2. The van der Waals surface area contributed by atoms with Crippen LogP contribution in [0.2, 0.25) is 0 Å². The minimum atomic E-state index is -0.591. The van der Waals surface area contributed by atoms with E-state index in [1.165, 1.54) is 12.1 Å². The van der Waals surface area contributed by atoms with Crippen LogP contribution in [0.4, 0.5) is 15.8 Å². The molecule has 0 saturated heterocycles. The molecule has 0 aliphatic heterocycles. The van der Waals surface area contributed by atoms with E-state index in [1.807, 2.05) is 12.1 Å². The highest BCUT2D eigenvalue weighted by atomic mass is 19.1. The molecule has 0 bridgehead atoms. The van der Waals surface area contributed by atoms with Crippen LogP contribution in [0.25, 0.3) is 11.0 Å². The first-order valence-corrected chi connectivity index (χ1v) is 9.47. The second kappa shape index (κ2) is 7.84. The standard InChI is InChI=1S/C22H21FN2O3/c23-15-11-9-14(10-12-15)13-19(26)25-21-20(24-16-5-1-2-6-16)17-7-3-4-8-18(17)28-22(21)27/h3-4,7-12,16,24H,1-2,5-6,13H2,(H,25,26). The molecule has 1 heterocycles. The minimum Gasteiger partial charge on any atom is -0.421 e. The molecule has 144 valence electrons. The van der Waals surface area contributed by atoms with E-state index in [0.29, 0.717) is 16.8 Å². The molecule has 6 heteroatoms. The summed E-state index contributed by atoms with van der Waals surface area (Å²) in [5.41, 5.74) is 1.27. The van der Waals surface area contributed by atoms with Gasteiger partial charge in [0.1, 0.15) is 11.4 Å². The molecule has 5 nitrogen and oxygen atoms in total. The number of nitrogens with one attached hydrogen (secondary N) is 2. The van der Waals surface area contributed by atoms with Gasteiger partial charge in [-0.25, -0.2) is 9.18 Å². The predicted octanol–water partition coefficient (Wildman–Crippen LogP) is 4.47. The van der Waals surface area contributed by atoms with Crippen molar-refractivity contribution in [1.29, 1.82) is 0 Å². The Hall–Kier alpha value is -3.15. The average molecular weight is 380 g/mol. The molecule has 1 aliphatic carbocycles. The van der Waals surface area contributed by atoms with Crippen LogP contribution >= 0.6 is 0 Å². The van der Waals surface area contributed by atoms with Crippen molar-refractivity contribution in [2.24, 2.45) is 0 Å². The van der Waals surface area contributed by atoms with E-state index in [1.54, 1.807) is 24.3 Å². The van der Waals surface area contributed by atoms with Crippen LogP contribution in [0.1, 0.15) is 31.2 Å². The van der Waals surface area contributed by atoms with Crippen molar-refractivity contribution in [3.63, 3.8) is 0 Å². The normalized spacial score (nSPS) is 14.3. The van der Waals surface area contributed by atoms with Crippen molar-refractivity contribution in [3.8, 4) is 0 Å². The van der Waals surface area contributed by atoms with Crippen LogP contribution in [0, 0.1) is 5.82 Å². The van der Waals surface area contributed by atoms with E-state index in [-0.39, 0.29) is 29.9 Å². The molecular weight excluding hydrogens is 359 g/mol. The van der Waals surface area contributed by atoms with Crippen LogP contribution in [-0.4, -0.2) is 11.9 Å². The molecule has 28 heavy (non-hydrogen) atoms. The number of rotatable bonds is 5. The third-order valence-corrected chi connectivity index (χ3v) is 5.06. The Morgan fingerprint density at radius 1 is 1.04 bits per heavy atom. The Bertz CT molecular complexity index is 1050. The summed E-state index contributed by atoms with van der Waals surface area (Å²) in [5.74, 6) is -0.717. The highest BCUT2D eigenvalue weighted by Gasteiger charge is 2.21. The molecule has 0 radical (unpaired) electrons. The molecule has 0 atom stereocenters. The molecule has 1 aliphatic rings. The first-order chi connectivity index (χ1) is 13.6. The molecule has 1 fully saturated rings. The van der Waals surface area contributed by atoms with Gasteiger partial charge < -0.3 is 15.1 Å². The number of carbonyl (C=O) groups is 1. The second-order valence-corrected chi connectivity index (χ2v) is 7.11. The Morgan fingerprint density at radius 3 is 2.50 bits per heavy atom. The Balaban J connectivity index is 1.66. The van der Waals surface area contributed by atoms with E-state index in [2.05, 4.69) is 10.6 Å². The summed E-state index contributed by atoms with van der Waals surface area (Å²) in [5, 5.41) is 6.91. The van der Waals surface area contributed by atoms with Gasteiger partial charge in [-0.15, -0.1) is 0 Å². The molecule has 1 aromatic heterocycles. The van der Waals surface area contributed by atoms with Crippen LogP contribution in [0.3, 0.4) is 0 Å². The van der Waals surface area contributed by atoms with E-state index in [4.69, 9.17) is 4.42 Å². The van der Waals surface area contributed by atoms with Crippen molar-refractivity contribution in [2.45, 2.75) is 38.1 Å². The van der Waals surface area contributed by atoms with Crippen LogP contribution in [0.15, 0.2) is 57.7 Å². The lowest BCUT2D eigenvalue weighted by atomic mass is 10.1. The zero-order chi connectivity index (χ0) is 19.5. The molecule has 2 aromatic carbocycles. The largest absolute Gasteiger partial charge is 0.421 e. The molecule has 1 amide bonds. The summed E-state index contributed by atoms with van der Waals surface area (Å²) in [6.07, 6.45) is 4.37. The van der Waals surface area contributed by atoms with Gasteiger partial charge in [0.05, 0.1) is 12.1 Å². The summed E-state index contributed by atoms with van der Waals surface area (Å²) in [7, 11) is 0. The monoisotopic (exact) mass is 380 g/mol. The first-order valence-electron chi connectivity index (χ1n) is 9.47. The smallest absolute Gasteiger partial charge is 0.362 e. The maximum atomic E-state index is 13.1. The predicted molar refractivity (Wildman–Crippen MR) is 107 cm³/mol. The third kappa shape index (κ3) is 3.91. The molecule has 1 saturated carbocycles. The van der Waals surface area contributed by atoms with Gasteiger partial charge in [0, 0.05) is 11.4 Å². The summed E-state index contributed by atoms with van der Waals surface area (Å²) in [6.45, 7) is 0. The van der Waals surface area contributed by atoms with Gasteiger partial charge in [0.2, 0.25) is 5.91 Å². The van der Waals surface area contributed by atoms with Crippen molar-refractivity contribution >= 4 is 28.3 Å². The Labute approximate surface area is 161 Å². The van der Waals surface area contributed by atoms with Gasteiger partial charge >= 0.3 is 5.63 Å². The zero-order valence-corrected chi connectivity index (χ0v) is 15.3. The fourth-order valence-electron chi connectivity index (χ4n) is 3.66. The number of amides is 1. The number of para-hydroxylation sites is 1. The molecule has 4 rings (SSSR count). The first kappa shape index (κ1) is 18.2. The highest BCUT2D eigenvalue weighted by molar-refractivity contribution is 6.02. The lowest BCUT2D eigenvalue weighted by molar-refractivity contribution is -0.115. The van der Waals surface area contributed by atoms with Crippen molar-refractivity contribution < 1.29 is 13.6 Å². The Morgan fingerprint density at radius 2 is 1.75 bits per heavy atom. The molecule has 3 aromatic rings. The van der Waals surface area contributed by atoms with Gasteiger partial charge in [-0.3, -0.25) is 4.79 Å². The fourth-order valence-corrected chi connectivity index (χ4v) is 3.66. The number of halogens is 1.